The maximum absolute atomic E-state index is 12.2. The summed E-state index contributed by atoms with van der Waals surface area (Å²) < 4.78 is 10.5. The number of nitrogens with two attached hydrogens (primary N) is 1. The van der Waals surface area contributed by atoms with Crippen LogP contribution in [0.4, 0.5) is 5.13 Å². The molecule has 3 heterocycles. The van der Waals surface area contributed by atoms with Crippen molar-refractivity contribution in [2.24, 2.45) is 5.73 Å². The number of nitrogens with one attached hydrogen (secondary N) is 1. The molecule has 0 saturated heterocycles. The van der Waals surface area contributed by atoms with E-state index in [1.54, 1.807) is 13.0 Å². The lowest BCUT2D eigenvalue weighted by molar-refractivity contribution is 0.102. The Kier molecular flexibility index (Phi) is 4.33. The number of thiazole rings is 1. The summed E-state index contributed by atoms with van der Waals surface area (Å²) in [5.74, 6) is 1.37. The Bertz CT molecular complexity index is 922. The third-order valence-corrected chi connectivity index (χ3v) is 5.42. The van der Waals surface area contributed by atoms with Crippen molar-refractivity contribution in [1.29, 1.82) is 0 Å². The van der Waals surface area contributed by atoms with E-state index >= 15 is 0 Å². The van der Waals surface area contributed by atoms with Crippen molar-refractivity contribution >= 4 is 22.4 Å². The topological polar surface area (TPSA) is 120 Å². The molecule has 1 aliphatic carbocycles. The van der Waals surface area contributed by atoms with Gasteiger partial charge >= 0.3 is 0 Å². The molecular weight excluding hydrogens is 354 g/mol. The number of hydrogen-bond donors (Lipinski definition) is 2. The van der Waals surface area contributed by atoms with Gasteiger partial charge in [0.05, 0.1) is 29.5 Å². The highest BCUT2D eigenvalue weighted by Gasteiger charge is 2.36. The zero-order valence-electron chi connectivity index (χ0n) is 14.3. The molecule has 4 rings (SSSR count). The van der Waals surface area contributed by atoms with E-state index in [-0.39, 0.29) is 5.91 Å². The van der Waals surface area contributed by atoms with Crippen molar-refractivity contribution in [3.05, 3.63) is 46.4 Å². The fraction of sp³-hybridized carbons (Fsp3) is 0.412. The third-order valence-electron chi connectivity index (χ3n) is 4.62. The molecule has 0 atom stereocenters. The molecule has 0 aromatic carbocycles. The number of anilines is 1. The fourth-order valence-corrected chi connectivity index (χ4v) is 3.85. The number of hydrogen-bond acceptors (Lipinski definition) is 8. The van der Waals surface area contributed by atoms with E-state index in [2.05, 4.69) is 20.4 Å². The number of carbonyl (C=O) groups is 1. The summed E-state index contributed by atoms with van der Waals surface area (Å²) in [4.78, 5) is 21.0. The van der Waals surface area contributed by atoms with Gasteiger partial charge in [-0.15, -0.1) is 11.3 Å². The monoisotopic (exact) mass is 373 g/mol. The molecule has 3 N–H and O–H groups in total. The highest BCUT2D eigenvalue weighted by atomic mass is 32.1. The van der Waals surface area contributed by atoms with Crippen LogP contribution < -0.4 is 11.1 Å². The van der Waals surface area contributed by atoms with Gasteiger partial charge in [-0.25, -0.2) is 4.98 Å². The summed E-state index contributed by atoms with van der Waals surface area (Å²) in [5, 5.41) is 9.19. The van der Waals surface area contributed by atoms with Crippen LogP contribution in [0.5, 0.6) is 0 Å². The summed E-state index contributed by atoms with van der Waals surface area (Å²) in [6, 6.07) is 1.63. The molecule has 3 aromatic heterocycles. The lowest BCUT2D eigenvalue weighted by Gasteiger charge is -2.17. The van der Waals surface area contributed by atoms with E-state index < -0.39 is 5.54 Å². The van der Waals surface area contributed by atoms with Crippen LogP contribution in [-0.2, 0) is 12.0 Å². The minimum atomic E-state index is -0.467. The smallest absolute Gasteiger partial charge is 0.260 e. The standard InChI is InChI=1S/C17H19N5O3S/c1-10-12(4-7-24-10)14(23)21-16-19-11(9-26-16)8-13-20-15(22-25-13)17(18)5-2-3-6-17/h4,7,9H,2-3,5-6,8,18H2,1H3,(H,19,21,23). The van der Waals surface area contributed by atoms with Gasteiger partial charge in [0, 0.05) is 5.38 Å². The minimum Gasteiger partial charge on any atom is -0.469 e. The predicted octanol–water partition coefficient (Wildman–Crippen LogP) is 3.00. The molecule has 1 fully saturated rings. The number of rotatable bonds is 5. The quantitative estimate of drug-likeness (QED) is 0.705. The second-order valence-corrected chi connectivity index (χ2v) is 7.40. The Morgan fingerprint density at radius 1 is 1.38 bits per heavy atom. The molecule has 136 valence electrons. The molecule has 0 unspecified atom stereocenters. The van der Waals surface area contributed by atoms with Gasteiger partial charge in [-0.3, -0.25) is 10.1 Å². The van der Waals surface area contributed by atoms with Crippen LogP contribution in [0.2, 0.25) is 0 Å². The molecule has 0 spiro atoms. The van der Waals surface area contributed by atoms with Crippen molar-refractivity contribution in [3.63, 3.8) is 0 Å². The van der Waals surface area contributed by atoms with Gasteiger partial charge in [-0.05, 0) is 25.8 Å². The molecule has 0 aliphatic heterocycles. The zero-order valence-corrected chi connectivity index (χ0v) is 15.1. The Hall–Kier alpha value is -2.52. The van der Waals surface area contributed by atoms with Crippen LogP contribution in [0.1, 0.15) is 59.2 Å². The van der Waals surface area contributed by atoms with Gasteiger partial charge in [-0.1, -0.05) is 18.0 Å². The maximum Gasteiger partial charge on any atom is 0.260 e. The van der Waals surface area contributed by atoms with Crippen molar-refractivity contribution < 1.29 is 13.7 Å². The van der Waals surface area contributed by atoms with Crippen LogP contribution in [-0.4, -0.2) is 21.0 Å². The molecule has 1 amide bonds. The van der Waals surface area contributed by atoms with Crippen molar-refractivity contribution in [1.82, 2.24) is 15.1 Å². The Morgan fingerprint density at radius 2 is 2.19 bits per heavy atom. The van der Waals surface area contributed by atoms with Gasteiger partial charge < -0.3 is 14.7 Å². The molecule has 3 aromatic rings. The normalized spacial score (nSPS) is 16.1. The van der Waals surface area contributed by atoms with Gasteiger partial charge in [0.25, 0.3) is 5.91 Å². The largest absolute Gasteiger partial charge is 0.469 e. The minimum absolute atomic E-state index is 0.247. The summed E-state index contributed by atoms with van der Waals surface area (Å²) in [6.45, 7) is 1.74. The van der Waals surface area contributed by atoms with Gasteiger partial charge in [-0.2, -0.15) is 4.98 Å². The molecule has 1 aliphatic rings. The molecule has 0 radical (unpaired) electrons. The van der Waals surface area contributed by atoms with Gasteiger partial charge in [0.15, 0.2) is 11.0 Å². The molecule has 8 nitrogen and oxygen atoms in total. The lowest BCUT2D eigenvalue weighted by atomic mass is 9.99. The first kappa shape index (κ1) is 16.9. The second kappa shape index (κ2) is 6.65. The predicted molar refractivity (Wildman–Crippen MR) is 94.9 cm³/mol. The third kappa shape index (κ3) is 3.27. The van der Waals surface area contributed by atoms with E-state index in [4.69, 9.17) is 14.7 Å². The lowest BCUT2D eigenvalue weighted by Crippen LogP contribution is -2.34. The van der Waals surface area contributed by atoms with Crippen LogP contribution in [0.3, 0.4) is 0 Å². The summed E-state index contributed by atoms with van der Waals surface area (Å²) in [6.07, 6.45) is 5.83. The van der Waals surface area contributed by atoms with Crippen molar-refractivity contribution in [3.8, 4) is 0 Å². The SMILES string of the molecule is Cc1occc1C(=O)Nc1nc(Cc2nc(C3(N)CCCC3)no2)cs1. The van der Waals surface area contributed by atoms with E-state index in [1.165, 1.54) is 17.6 Å². The van der Waals surface area contributed by atoms with Crippen molar-refractivity contribution in [2.75, 3.05) is 5.32 Å². The molecule has 9 heteroatoms. The zero-order chi connectivity index (χ0) is 18.1. The van der Waals surface area contributed by atoms with E-state index in [0.717, 1.165) is 31.4 Å². The summed E-state index contributed by atoms with van der Waals surface area (Å²) in [7, 11) is 0. The maximum atomic E-state index is 12.2. The highest BCUT2D eigenvalue weighted by molar-refractivity contribution is 7.14. The Morgan fingerprint density at radius 3 is 2.92 bits per heavy atom. The number of aryl methyl sites for hydroxylation is 1. The number of furan rings is 1. The number of carbonyl (C=O) groups excluding carboxylic acids is 1. The van der Waals surface area contributed by atoms with E-state index in [1.807, 2.05) is 5.38 Å². The highest BCUT2D eigenvalue weighted by Crippen LogP contribution is 2.34. The molecule has 0 bridgehead atoms. The fourth-order valence-electron chi connectivity index (χ4n) is 3.14. The van der Waals surface area contributed by atoms with Crippen LogP contribution >= 0.6 is 11.3 Å². The number of aromatic nitrogens is 3. The first-order chi connectivity index (χ1) is 12.5. The number of nitrogens with zero attached hydrogens (tertiary/aromatic N) is 3. The number of amides is 1. The summed E-state index contributed by atoms with van der Waals surface area (Å²) >= 11 is 1.34. The van der Waals surface area contributed by atoms with E-state index in [9.17, 15) is 4.79 Å². The van der Waals surface area contributed by atoms with E-state index in [0.29, 0.717) is 34.6 Å². The molecule has 26 heavy (non-hydrogen) atoms. The first-order valence-corrected chi connectivity index (χ1v) is 9.33. The molecular formula is C17H19N5O3S. The first-order valence-electron chi connectivity index (χ1n) is 8.45. The Balaban J connectivity index is 1.42. The molecule has 1 saturated carbocycles. The average molecular weight is 373 g/mol. The van der Waals surface area contributed by atoms with Gasteiger partial charge in [0.2, 0.25) is 5.89 Å². The summed E-state index contributed by atoms with van der Waals surface area (Å²) in [5.41, 5.74) is 7.13. The second-order valence-electron chi connectivity index (χ2n) is 6.54. The van der Waals surface area contributed by atoms with Crippen LogP contribution in [0, 0.1) is 6.92 Å². The average Bonchev–Trinajstić information content (AvgIpc) is 3.36. The van der Waals surface area contributed by atoms with Crippen LogP contribution in [0.15, 0.2) is 26.6 Å². The Labute approximate surface area is 153 Å². The van der Waals surface area contributed by atoms with Crippen molar-refractivity contribution in [2.45, 2.75) is 44.6 Å². The van der Waals surface area contributed by atoms with Gasteiger partial charge in [0.1, 0.15) is 5.76 Å². The van der Waals surface area contributed by atoms with Crippen LogP contribution in [0.25, 0.3) is 0 Å².